The highest BCUT2D eigenvalue weighted by Crippen LogP contribution is 2.36. The number of aliphatic hydroxyl groups excluding tert-OH is 1. The Labute approximate surface area is 203 Å². The highest BCUT2D eigenvalue weighted by atomic mass is 35.5. The van der Waals surface area contributed by atoms with Crippen molar-refractivity contribution in [1.82, 2.24) is 19.5 Å². The molecule has 0 radical (unpaired) electrons. The summed E-state index contributed by atoms with van der Waals surface area (Å²) in [6.45, 7) is -0.529. The summed E-state index contributed by atoms with van der Waals surface area (Å²) in [5.41, 5.74) is 4.06. The number of nitrogens with zero attached hydrogens (tertiary/aromatic N) is 4. The van der Waals surface area contributed by atoms with Crippen LogP contribution in [-0.2, 0) is 25.5 Å². The van der Waals surface area contributed by atoms with Gasteiger partial charge in [-0.1, -0.05) is 36.3 Å². The van der Waals surface area contributed by atoms with Crippen molar-refractivity contribution in [3.8, 4) is 12.3 Å². The molecular weight excluding hydrogens is 482 g/mol. The van der Waals surface area contributed by atoms with Crippen LogP contribution in [0.2, 0.25) is 5.28 Å². The van der Waals surface area contributed by atoms with E-state index in [2.05, 4.69) is 20.9 Å². The summed E-state index contributed by atoms with van der Waals surface area (Å²) >= 11 is 5.90. The summed E-state index contributed by atoms with van der Waals surface area (Å²) in [6, 6.07) is 8.19. The van der Waals surface area contributed by atoms with Crippen molar-refractivity contribution >= 4 is 40.5 Å². The molecule has 3 heterocycles. The van der Waals surface area contributed by atoms with E-state index in [0.29, 0.717) is 5.56 Å². The standard InChI is InChI=1S/C22H20ClN5O7/c1-2-12-13(9-34-22(19(30)31,20(32)33)8-11-6-4-3-5-7-11)35-18(15(12)29)28-10-25-14-16(24)26-21(23)27-17(14)28/h1,3-7,10,12-13,15,18,29H,8-9H2,(H,30,31)(H,32,33)(H2,24,26,27)/t12-,13+,15+,18+/m0/s1. The Bertz CT molecular complexity index is 1290. The van der Waals surface area contributed by atoms with E-state index in [1.165, 1.54) is 10.9 Å². The number of imidazole rings is 1. The normalized spacial score (nSPS) is 22.2. The van der Waals surface area contributed by atoms with Crippen molar-refractivity contribution in [3.63, 3.8) is 0 Å². The first-order valence-corrected chi connectivity index (χ1v) is 10.7. The molecule has 5 N–H and O–H groups in total. The third kappa shape index (κ3) is 4.38. The number of aliphatic carboxylic acids is 2. The average molecular weight is 502 g/mol. The zero-order valence-electron chi connectivity index (χ0n) is 18.0. The SMILES string of the molecule is C#C[C@@H]1[C@@H](O)[C@H](n2cnc3c(N)nc(Cl)nc32)O[C@@H]1COC(Cc1ccccc1)(C(=O)O)C(=O)O. The van der Waals surface area contributed by atoms with Gasteiger partial charge in [0, 0.05) is 6.42 Å². The monoisotopic (exact) mass is 501 g/mol. The van der Waals surface area contributed by atoms with Crippen LogP contribution in [0.25, 0.3) is 11.2 Å². The van der Waals surface area contributed by atoms with Crippen molar-refractivity contribution in [2.75, 3.05) is 12.3 Å². The number of ether oxygens (including phenoxy) is 2. The van der Waals surface area contributed by atoms with E-state index in [1.54, 1.807) is 30.3 Å². The lowest BCUT2D eigenvalue weighted by Crippen LogP contribution is -2.52. The van der Waals surface area contributed by atoms with E-state index in [9.17, 15) is 24.9 Å². The molecule has 1 fully saturated rings. The van der Waals surface area contributed by atoms with Crippen LogP contribution in [-0.4, -0.2) is 71.2 Å². The number of carboxylic acids is 2. The fourth-order valence-corrected chi connectivity index (χ4v) is 4.11. The largest absolute Gasteiger partial charge is 0.479 e. The van der Waals surface area contributed by atoms with Crippen LogP contribution in [0.1, 0.15) is 11.8 Å². The zero-order chi connectivity index (χ0) is 25.3. The van der Waals surface area contributed by atoms with E-state index >= 15 is 0 Å². The number of fused-ring (bicyclic) bond motifs is 1. The van der Waals surface area contributed by atoms with Gasteiger partial charge in [-0.15, -0.1) is 6.42 Å². The van der Waals surface area contributed by atoms with E-state index in [1.807, 2.05) is 0 Å². The second kappa shape index (κ2) is 9.47. The summed E-state index contributed by atoms with van der Waals surface area (Å²) in [4.78, 5) is 36.1. The van der Waals surface area contributed by atoms with Gasteiger partial charge in [-0.25, -0.2) is 14.6 Å². The maximum Gasteiger partial charge on any atom is 0.348 e. The van der Waals surface area contributed by atoms with Crippen LogP contribution >= 0.6 is 11.6 Å². The van der Waals surface area contributed by atoms with Gasteiger partial charge in [0.05, 0.1) is 18.9 Å². The Kier molecular flexibility index (Phi) is 6.60. The number of anilines is 1. The first-order chi connectivity index (χ1) is 16.7. The Hall–Kier alpha value is -3.76. The molecule has 0 unspecified atom stereocenters. The van der Waals surface area contributed by atoms with Gasteiger partial charge in [-0.05, 0) is 17.2 Å². The van der Waals surface area contributed by atoms with E-state index in [-0.39, 0.29) is 22.3 Å². The predicted molar refractivity (Wildman–Crippen MR) is 121 cm³/mol. The topological polar surface area (TPSA) is 183 Å². The van der Waals surface area contributed by atoms with Crippen LogP contribution in [0, 0.1) is 18.3 Å². The molecule has 1 aliphatic rings. The van der Waals surface area contributed by atoms with Crippen molar-refractivity contribution in [3.05, 3.63) is 47.5 Å². The van der Waals surface area contributed by atoms with Crippen molar-refractivity contribution < 1.29 is 34.4 Å². The molecule has 0 saturated carbocycles. The first kappa shape index (κ1) is 24.4. The number of benzene rings is 1. The van der Waals surface area contributed by atoms with Gasteiger partial charge in [0.1, 0.15) is 17.7 Å². The Morgan fingerprint density at radius 1 is 1.26 bits per heavy atom. The van der Waals surface area contributed by atoms with Crippen molar-refractivity contribution in [2.45, 2.75) is 30.5 Å². The third-order valence-corrected chi connectivity index (χ3v) is 5.91. The fraction of sp³-hybridized carbons (Fsp3) is 0.318. The molecule has 182 valence electrons. The molecule has 1 aliphatic heterocycles. The van der Waals surface area contributed by atoms with Gasteiger partial charge in [-0.3, -0.25) is 4.57 Å². The highest BCUT2D eigenvalue weighted by Gasteiger charge is 2.51. The predicted octanol–water partition coefficient (Wildman–Crippen LogP) is 0.737. The Morgan fingerprint density at radius 2 is 1.94 bits per heavy atom. The number of nitrogens with two attached hydrogens (primary N) is 1. The van der Waals surface area contributed by atoms with E-state index in [4.69, 9.17) is 33.2 Å². The maximum atomic E-state index is 12.1. The number of carboxylic acid groups (broad SMARTS) is 2. The van der Waals surface area contributed by atoms with Gasteiger partial charge in [0.15, 0.2) is 17.7 Å². The summed E-state index contributed by atoms with van der Waals surface area (Å²) in [5.74, 6) is -1.93. The molecular formula is C22H20ClN5O7. The van der Waals surface area contributed by atoms with Crippen LogP contribution in [0.4, 0.5) is 5.82 Å². The fourth-order valence-electron chi connectivity index (χ4n) is 3.94. The van der Waals surface area contributed by atoms with Crippen LogP contribution in [0.15, 0.2) is 36.7 Å². The number of aromatic nitrogens is 4. The van der Waals surface area contributed by atoms with Gasteiger partial charge in [-0.2, -0.15) is 9.97 Å². The van der Waals surface area contributed by atoms with Crippen molar-refractivity contribution in [2.24, 2.45) is 5.92 Å². The Morgan fingerprint density at radius 3 is 2.57 bits per heavy atom. The molecule has 4 atom stereocenters. The molecule has 12 nitrogen and oxygen atoms in total. The van der Waals surface area contributed by atoms with Gasteiger partial charge < -0.3 is 30.5 Å². The van der Waals surface area contributed by atoms with Gasteiger partial charge >= 0.3 is 11.9 Å². The molecule has 0 amide bonds. The lowest BCUT2D eigenvalue weighted by Gasteiger charge is -2.27. The number of rotatable bonds is 8. The molecule has 1 aromatic carbocycles. The lowest BCUT2D eigenvalue weighted by molar-refractivity contribution is -0.188. The molecule has 35 heavy (non-hydrogen) atoms. The van der Waals surface area contributed by atoms with E-state index in [0.717, 1.165) is 0 Å². The second-order valence-corrected chi connectivity index (χ2v) is 8.20. The molecule has 0 aliphatic carbocycles. The van der Waals surface area contributed by atoms with Crippen LogP contribution < -0.4 is 5.73 Å². The molecule has 3 aromatic rings. The molecule has 0 bridgehead atoms. The van der Waals surface area contributed by atoms with Crippen LogP contribution in [0.3, 0.4) is 0 Å². The van der Waals surface area contributed by atoms with Crippen molar-refractivity contribution in [1.29, 1.82) is 0 Å². The minimum absolute atomic E-state index is 0.0215. The molecule has 4 rings (SSSR count). The number of carbonyl (C=O) groups is 2. The van der Waals surface area contributed by atoms with Gasteiger partial charge in [0.2, 0.25) is 5.28 Å². The summed E-state index contributed by atoms with van der Waals surface area (Å²) in [7, 11) is 0. The number of halogens is 1. The minimum atomic E-state index is -2.61. The van der Waals surface area contributed by atoms with Gasteiger partial charge in [0.25, 0.3) is 5.60 Å². The number of hydrogen-bond acceptors (Lipinski definition) is 9. The van der Waals surface area contributed by atoms with Crippen LogP contribution in [0.5, 0.6) is 0 Å². The first-order valence-electron chi connectivity index (χ1n) is 10.3. The number of hydrogen-bond donors (Lipinski definition) is 4. The average Bonchev–Trinajstić information content (AvgIpc) is 3.37. The second-order valence-electron chi connectivity index (χ2n) is 7.86. The maximum absolute atomic E-state index is 12.1. The third-order valence-electron chi connectivity index (χ3n) is 5.74. The summed E-state index contributed by atoms with van der Waals surface area (Å²) < 4.78 is 12.7. The number of terminal acetylenes is 1. The van der Waals surface area contributed by atoms with E-state index < -0.39 is 54.9 Å². The smallest absolute Gasteiger partial charge is 0.348 e. The quantitative estimate of drug-likeness (QED) is 0.194. The zero-order valence-corrected chi connectivity index (χ0v) is 18.7. The molecule has 1 saturated heterocycles. The minimum Gasteiger partial charge on any atom is -0.479 e. The summed E-state index contributed by atoms with van der Waals surface area (Å²) in [6.07, 6.45) is 3.01. The number of nitrogen functional groups attached to an aromatic ring is 1. The Balaban J connectivity index is 1.61. The molecule has 2 aromatic heterocycles. The molecule has 0 spiro atoms. The lowest BCUT2D eigenvalue weighted by atomic mass is 9.93. The molecule has 13 heteroatoms. The highest BCUT2D eigenvalue weighted by molar-refractivity contribution is 6.28. The number of aliphatic hydroxyl groups is 1. The summed E-state index contributed by atoms with van der Waals surface area (Å²) in [5, 5.41) is 30.3.